The van der Waals surface area contributed by atoms with Gasteiger partial charge in [-0.05, 0) is 251 Å². The molecular formula is C88H84I2N24O7S. The van der Waals surface area contributed by atoms with Crippen LogP contribution in [0.1, 0.15) is 149 Å². The number of nitrogens with one attached hydrogen (secondary N) is 6. The molecule has 3 amide bonds. The molecule has 0 aliphatic rings. The number of hydrogen-bond donors (Lipinski definition) is 8. The molecule has 0 saturated carbocycles. The van der Waals surface area contributed by atoms with Gasteiger partial charge in [-0.1, -0.05) is 42.5 Å². The van der Waals surface area contributed by atoms with Crippen LogP contribution in [-0.2, 0) is 10.0 Å². The second-order valence-corrected chi connectivity index (χ2v) is 35.0. The van der Waals surface area contributed by atoms with Crippen molar-refractivity contribution in [1.82, 2.24) is 94.3 Å². The monoisotopic (exact) mass is 1870 g/mol. The maximum Gasteiger partial charge on any atom is 0.354 e. The number of carboxylic acids is 1. The zero-order chi connectivity index (χ0) is 88.5. The van der Waals surface area contributed by atoms with E-state index in [-0.39, 0.29) is 51.3 Å². The predicted octanol–water partition coefficient (Wildman–Crippen LogP) is 16.0. The van der Waals surface area contributed by atoms with Gasteiger partial charge in [-0.2, -0.15) is 31.2 Å². The van der Waals surface area contributed by atoms with E-state index in [0.717, 1.165) is 74.1 Å². The lowest BCUT2D eigenvalue weighted by Crippen LogP contribution is -2.42. The van der Waals surface area contributed by atoms with Crippen LogP contribution in [0.15, 0.2) is 194 Å². The summed E-state index contributed by atoms with van der Waals surface area (Å²) in [5.41, 5.74) is 15.0. The second-order valence-electron chi connectivity index (χ2n) is 30.9. The van der Waals surface area contributed by atoms with Gasteiger partial charge in [0, 0.05) is 104 Å². The lowest BCUT2D eigenvalue weighted by atomic mass is 10.1. The van der Waals surface area contributed by atoms with Crippen molar-refractivity contribution in [3.05, 3.63) is 230 Å². The molecule has 14 heterocycles. The molecule has 15 rings (SSSR count). The number of nitrogens with two attached hydrogens (primary N) is 1. The molecule has 0 radical (unpaired) electrons. The molecule has 0 spiro atoms. The van der Waals surface area contributed by atoms with E-state index in [9.17, 15) is 32.9 Å². The van der Waals surface area contributed by atoms with Crippen molar-refractivity contribution < 1.29 is 32.7 Å². The van der Waals surface area contributed by atoms with Crippen molar-refractivity contribution >= 4 is 123 Å². The van der Waals surface area contributed by atoms with Gasteiger partial charge in [0.25, 0.3) is 27.7 Å². The number of H-pyrrole nitrogens is 3. The molecule has 122 heavy (non-hydrogen) atoms. The number of aromatic carboxylic acids is 1. The zero-order valence-corrected chi connectivity index (χ0v) is 73.9. The molecule has 14 aromatic heterocycles. The average molecular weight is 1880 g/mol. The summed E-state index contributed by atoms with van der Waals surface area (Å²) < 4.78 is 35.0. The van der Waals surface area contributed by atoms with Crippen LogP contribution < -0.4 is 21.7 Å². The van der Waals surface area contributed by atoms with E-state index in [4.69, 9.17) is 26.6 Å². The van der Waals surface area contributed by atoms with Gasteiger partial charge in [-0.15, -0.1) is 0 Å². The topological polar surface area (TPSA) is 471 Å². The summed E-state index contributed by atoms with van der Waals surface area (Å²) in [5, 5.41) is 65.1. The van der Waals surface area contributed by atoms with Crippen LogP contribution in [-0.4, -0.2) is 138 Å². The molecule has 0 bridgehead atoms. The van der Waals surface area contributed by atoms with Crippen LogP contribution in [0.4, 0.5) is 0 Å². The van der Waals surface area contributed by atoms with Gasteiger partial charge in [0.1, 0.15) is 56.3 Å². The molecule has 0 fully saturated rings. The standard InChI is InChI=1S/C30H29N7O3S.C24H25N7O.C17H14IN5O.C13H8IN3O2.C4H8N2/c1-19(2)36-17-24(20(3)35-36)27-15-21-14-22(25-12-9-13-26(33-25)29(38)34-30(4,5)18-31)16-32-28(21)37(27)41(39,40)23-10-7-6-8-11-23;1-14(2)31-12-18(15(3)30-31)21-10-16-9-17(11-26-22(16)28-21)19-7-6-8-20(27-19)23(32)29-24(4,5)13-25;1-17(2,9-19)23-16(24)13-5-3-4-12(21-13)11-6-10-7-14(18)22-15(10)20-8-11;14-11-5-7-4-8(6-15-12(7)17-11)9-2-1-3-10(16-9)13(18)19;1-4(2,6)3-5/h6-17,19H,1-5H3,(H,34,38);6-12,14H,1-5H3,(H,26,28)(H,29,32);3-8H,1-2H3,(H,20,22)(H,23,24);1-6H,(H,15,17)(H,18,19);6H2,1-2H3. The van der Waals surface area contributed by atoms with Crippen LogP contribution in [0.3, 0.4) is 0 Å². The smallest absolute Gasteiger partial charge is 0.354 e. The van der Waals surface area contributed by atoms with E-state index in [0.29, 0.717) is 50.7 Å². The van der Waals surface area contributed by atoms with E-state index < -0.39 is 50.0 Å². The average Bonchev–Trinajstić information content (AvgIpc) is 1.58. The first-order valence-corrected chi connectivity index (χ1v) is 41.5. The van der Waals surface area contributed by atoms with E-state index in [1.165, 1.54) is 16.2 Å². The molecule has 0 aliphatic heterocycles. The summed E-state index contributed by atoms with van der Waals surface area (Å²) in [6, 6.07) is 52.5. The highest BCUT2D eigenvalue weighted by Gasteiger charge is 2.29. The third-order valence-electron chi connectivity index (χ3n) is 18.2. The number of aromatic amines is 3. The lowest BCUT2D eigenvalue weighted by Gasteiger charge is -2.17. The molecule has 31 nitrogen and oxygen atoms in total. The third-order valence-corrected chi connectivity index (χ3v) is 21.1. The summed E-state index contributed by atoms with van der Waals surface area (Å²) in [7, 11) is -4.02. The Bertz CT molecular complexity index is 6800. The highest BCUT2D eigenvalue weighted by molar-refractivity contribution is 14.1. The normalized spacial score (nSPS) is 11.5. The van der Waals surface area contributed by atoms with Gasteiger partial charge in [0.2, 0.25) is 0 Å². The van der Waals surface area contributed by atoms with Gasteiger partial charge >= 0.3 is 5.97 Å². The Labute approximate surface area is 729 Å². The molecule has 15 aromatic rings. The van der Waals surface area contributed by atoms with E-state index in [1.54, 1.807) is 176 Å². The minimum absolute atomic E-state index is 0.0289. The molecule has 0 unspecified atom stereocenters. The number of aryl methyl sites for hydroxylation is 2. The van der Waals surface area contributed by atoms with Gasteiger partial charge < -0.3 is 41.7 Å². The van der Waals surface area contributed by atoms with Crippen LogP contribution in [0, 0.1) is 66.6 Å². The highest BCUT2D eigenvalue weighted by Crippen LogP contribution is 2.36. The maximum absolute atomic E-state index is 14.0. The number of carboxylic acid groups (broad SMARTS) is 1. The summed E-state index contributed by atoms with van der Waals surface area (Å²) in [6.07, 6.45) is 10.6. The number of nitriles is 4. The largest absolute Gasteiger partial charge is 0.477 e. The molecule has 0 saturated heterocycles. The summed E-state index contributed by atoms with van der Waals surface area (Å²) in [5.74, 6) is -2.29. The Morgan fingerprint density at radius 1 is 0.467 bits per heavy atom. The number of rotatable bonds is 17. The summed E-state index contributed by atoms with van der Waals surface area (Å²) in [4.78, 5) is 93.5. The third kappa shape index (κ3) is 21.6. The number of amides is 3. The quantitative estimate of drug-likeness (QED) is 0.0392. The van der Waals surface area contributed by atoms with Crippen LogP contribution in [0.5, 0.6) is 0 Å². The van der Waals surface area contributed by atoms with Crippen molar-refractivity contribution in [2.75, 3.05) is 0 Å². The molecule has 9 N–H and O–H groups in total. The zero-order valence-electron chi connectivity index (χ0n) is 68.8. The predicted molar refractivity (Wildman–Crippen MR) is 480 cm³/mol. The van der Waals surface area contributed by atoms with Crippen molar-refractivity contribution in [3.8, 4) is 91.8 Å². The van der Waals surface area contributed by atoms with Gasteiger partial charge in [-0.3, -0.25) is 23.7 Å². The maximum atomic E-state index is 14.0. The van der Waals surface area contributed by atoms with Crippen LogP contribution in [0.2, 0.25) is 0 Å². The molecular weight excluding hydrogens is 1790 g/mol. The van der Waals surface area contributed by atoms with Crippen molar-refractivity contribution in [2.45, 2.75) is 136 Å². The number of carbonyl (C=O) groups is 4. The second kappa shape index (κ2) is 36.8. The Morgan fingerprint density at radius 2 is 0.820 bits per heavy atom. The number of benzene rings is 1. The molecule has 618 valence electrons. The van der Waals surface area contributed by atoms with Crippen molar-refractivity contribution in [3.63, 3.8) is 0 Å². The van der Waals surface area contributed by atoms with Gasteiger partial charge in [0.05, 0.1) is 87.7 Å². The molecule has 1 aromatic carbocycles. The number of carbonyl (C=O) groups excluding carboxylic acids is 3. The fourth-order valence-electron chi connectivity index (χ4n) is 11.9. The first-order chi connectivity index (χ1) is 57.6. The van der Waals surface area contributed by atoms with Crippen LogP contribution >= 0.6 is 45.2 Å². The Morgan fingerprint density at radius 3 is 1.20 bits per heavy atom. The molecule has 0 atom stereocenters. The van der Waals surface area contributed by atoms with E-state index >= 15 is 0 Å². The van der Waals surface area contributed by atoms with E-state index in [2.05, 4.69) is 146 Å². The number of pyridine rings is 8. The molecule has 0 aliphatic carbocycles. The SMILES string of the molecule is CC(C)(C#N)NC(=O)c1cccc(-c2cnc3[nH]c(I)cc3c2)n1.CC(C)(N)C#N.Cc1nn(C(C)C)cc1-c1cc2cc(-c3cccc(C(=O)NC(C)(C)C#N)n3)cnc2[nH]1.Cc1nn(C(C)C)cc1-c1cc2cc(-c3cccc(C(=O)NC(C)(C)C#N)n3)cnc2n1S(=O)(=O)c1ccccc1.O=C(O)c1cccc(-c2cnc3[nH]c(I)cc3c2)n1. The van der Waals surface area contributed by atoms with Crippen molar-refractivity contribution in [1.29, 1.82) is 21.0 Å². The Kier molecular flexibility index (Phi) is 26.9. The minimum atomic E-state index is -4.02. The van der Waals surface area contributed by atoms with Crippen molar-refractivity contribution in [2.24, 2.45) is 5.73 Å². The number of fused-ring (bicyclic) bond motifs is 4. The first kappa shape index (κ1) is 89.0. The van der Waals surface area contributed by atoms with Crippen LogP contribution in [0.25, 0.3) is 112 Å². The first-order valence-electron chi connectivity index (χ1n) is 37.9. The number of halogens is 2. The summed E-state index contributed by atoms with van der Waals surface area (Å²) >= 11 is 4.38. The fraction of sp³-hybridized carbons (Fsp3) is 0.227. The Balaban J connectivity index is 0.000000160. The fourth-order valence-corrected chi connectivity index (χ4v) is 14.6. The molecule has 34 heteroatoms. The van der Waals surface area contributed by atoms with Gasteiger partial charge in [-0.25, -0.2) is 57.1 Å². The van der Waals surface area contributed by atoms with E-state index in [1.807, 2.05) is 112 Å². The number of hydrogen-bond acceptors (Lipinski definition) is 21. The Hall–Kier alpha value is -13.8. The highest BCUT2D eigenvalue weighted by atomic mass is 127. The number of nitrogens with zero attached hydrogens (tertiary/aromatic N) is 17. The number of aromatic nitrogens is 16. The van der Waals surface area contributed by atoms with Gasteiger partial charge in [0.15, 0.2) is 5.65 Å². The summed E-state index contributed by atoms with van der Waals surface area (Å²) in [6.45, 7) is 25.1. The minimum Gasteiger partial charge on any atom is -0.477 e. The lowest BCUT2D eigenvalue weighted by molar-refractivity contribution is 0.0689.